The second-order valence-electron chi connectivity index (χ2n) is 5.80. The van der Waals surface area contributed by atoms with Crippen molar-refractivity contribution in [3.8, 4) is 17.0 Å². The summed E-state index contributed by atoms with van der Waals surface area (Å²) < 4.78 is 33.8. The Bertz CT molecular complexity index is 795. The SMILES string of the molecule is CCOc1ccc(-c2cn(C3CN(S(=O)(=O)N(C)C)C3)nn2)cc1. The van der Waals surface area contributed by atoms with Gasteiger partial charge in [0.25, 0.3) is 10.2 Å². The predicted octanol–water partition coefficient (Wildman–Crippen LogP) is 1.01. The third-order valence-corrected chi connectivity index (χ3v) is 5.84. The number of aromatic nitrogens is 3. The molecule has 9 heteroatoms. The van der Waals surface area contributed by atoms with Crippen LogP contribution in [0.1, 0.15) is 13.0 Å². The minimum absolute atomic E-state index is 0.0173. The lowest BCUT2D eigenvalue weighted by molar-refractivity contribution is 0.180. The molecule has 0 unspecified atom stereocenters. The van der Waals surface area contributed by atoms with E-state index in [1.807, 2.05) is 37.4 Å². The van der Waals surface area contributed by atoms with Crippen molar-refractivity contribution in [2.24, 2.45) is 0 Å². The molecule has 2 heterocycles. The molecule has 24 heavy (non-hydrogen) atoms. The van der Waals surface area contributed by atoms with E-state index in [0.717, 1.165) is 17.0 Å². The lowest BCUT2D eigenvalue weighted by Crippen LogP contribution is -2.54. The third-order valence-electron chi connectivity index (χ3n) is 3.96. The molecule has 0 aliphatic carbocycles. The molecule has 1 saturated heterocycles. The summed E-state index contributed by atoms with van der Waals surface area (Å²) in [4.78, 5) is 0. The number of ether oxygens (including phenoxy) is 1. The Kier molecular flexibility index (Phi) is 4.57. The first-order chi connectivity index (χ1) is 11.4. The van der Waals surface area contributed by atoms with Crippen molar-refractivity contribution in [1.29, 1.82) is 0 Å². The Balaban J connectivity index is 1.67. The van der Waals surface area contributed by atoms with Crippen LogP contribution in [0.5, 0.6) is 5.75 Å². The zero-order chi connectivity index (χ0) is 17.3. The van der Waals surface area contributed by atoms with Crippen molar-refractivity contribution in [2.75, 3.05) is 33.8 Å². The smallest absolute Gasteiger partial charge is 0.281 e. The fourth-order valence-electron chi connectivity index (χ4n) is 2.48. The molecule has 0 spiro atoms. The van der Waals surface area contributed by atoms with Crippen molar-refractivity contribution in [1.82, 2.24) is 23.6 Å². The third kappa shape index (κ3) is 3.14. The van der Waals surface area contributed by atoms with Crippen LogP contribution in [0.3, 0.4) is 0 Å². The Morgan fingerprint density at radius 3 is 2.50 bits per heavy atom. The monoisotopic (exact) mass is 351 g/mol. The van der Waals surface area contributed by atoms with Crippen LogP contribution in [0, 0.1) is 0 Å². The molecule has 0 saturated carbocycles. The van der Waals surface area contributed by atoms with Gasteiger partial charge in [-0.25, -0.2) is 4.68 Å². The van der Waals surface area contributed by atoms with Gasteiger partial charge in [0.15, 0.2) is 0 Å². The molecular formula is C15H21N5O3S. The van der Waals surface area contributed by atoms with Gasteiger partial charge in [-0.3, -0.25) is 0 Å². The van der Waals surface area contributed by atoms with E-state index < -0.39 is 10.2 Å². The maximum atomic E-state index is 12.0. The number of hydrogen-bond acceptors (Lipinski definition) is 5. The number of rotatable bonds is 6. The lowest BCUT2D eigenvalue weighted by Gasteiger charge is -2.38. The summed E-state index contributed by atoms with van der Waals surface area (Å²) in [7, 11) is -0.286. The minimum atomic E-state index is -3.35. The summed E-state index contributed by atoms with van der Waals surface area (Å²) in [6.07, 6.45) is 1.85. The molecule has 8 nitrogen and oxygen atoms in total. The molecule has 0 atom stereocenters. The average Bonchev–Trinajstić information content (AvgIpc) is 2.96. The van der Waals surface area contributed by atoms with Crippen LogP contribution in [0.15, 0.2) is 30.5 Å². The fraction of sp³-hybridized carbons (Fsp3) is 0.467. The Morgan fingerprint density at radius 2 is 1.92 bits per heavy atom. The first-order valence-electron chi connectivity index (χ1n) is 7.74. The molecule has 1 fully saturated rings. The van der Waals surface area contributed by atoms with Crippen molar-refractivity contribution in [2.45, 2.75) is 13.0 Å². The molecular weight excluding hydrogens is 330 g/mol. The molecule has 3 rings (SSSR count). The quantitative estimate of drug-likeness (QED) is 0.776. The van der Waals surface area contributed by atoms with Gasteiger partial charge < -0.3 is 4.74 Å². The maximum Gasteiger partial charge on any atom is 0.281 e. The highest BCUT2D eigenvalue weighted by Gasteiger charge is 2.38. The summed E-state index contributed by atoms with van der Waals surface area (Å²) in [6, 6.07) is 7.68. The first kappa shape index (κ1) is 16.9. The second-order valence-corrected chi connectivity index (χ2v) is 7.94. The molecule has 1 aliphatic heterocycles. The Hall–Kier alpha value is -1.97. The predicted molar refractivity (Wildman–Crippen MR) is 89.8 cm³/mol. The Morgan fingerprint density at radius 1 is 1.25 bits per heavy atom. The van der Waals surface area contributed by atoms with Crippen LogP contribution in [0.2, 0.25) is 0 Å². The van der Waals surface area contributed by atoms with Crippen LogP contribution in [-0.2, 0) is 10.2 Å². The lowest BCUT2D eigenvalue weighted by atomic mass is 10.1. The molecule has 0 radical (unpaired) electrons. The Labute approximate surface area is 141 Å². The normalized spacial score (nSPS) is 16.3. The van der Waals surface area contributed by atoms with Gasteiger partial charge in [-0.2, -0.15) is 17.0 Å². The molecule has 1 aliphatic rings. The first-order valence-corrected chi connectivity index (χ1v) is 9.14. The van der Waals surface area contributed by atoms with Crippen molar-refractivity contribution >= 4 is 10.2 Å². The van der Waals surface area contributed by atoms with E-state index >= 15 is 0 Å². The van der Waals surface area contributed by atoms with E-state index in [0.29, 0.717) is 19.7 Å². The van der Waals surface area contributed by atoms with E-state index in [-0.39, 0.29) is 6.04 Å². The van der Waals surface area contributed by atoms with Crippen molar-refractivity contribution in [3.63, 3.8) is 0 Å². The molecule has 0 N–H and O–H groups in total. The van der Waals surface area contributed by atoms with Crippen LogP contribution in [0.4, 0.5) is 0 Å². The van der Waals surface area contributed by atoms with E-state index in [4.69, 9.17) is 4.74 Å². The van der Waals surface area contributed by atoms with Crippen LogP contribution >= 0.6 is 0 Å². The standard InChI is InChI=1S/C15H21N5O3S/c1-4-23-14-7-5-12(6-8-14)15-11-20(17-16-15)13-9-19(10-13)24(21,22)18(2)3/h5-8,11,13H,4,9-10H2,1-3H3. The van der Waals surface area contributed by atoms with Crippen LogP contribution in [-0.4, -0.2) is 65.8 Å². The minimum Gasteiger partial charge on any atom is -0.494 e. The molecule has 1 aromatic carbocycles. The molecule has 2 aromatic rings. The fourth-order valence-corrected chi connectivity index (χ4v) is 3.66. The molecule has 130 valence electrons. The molecule has 0 amide bonds. The topological polar surface area (TPSA) is 80.6 Å². The summed E-state index contributed by atoms with van der Waals surface area (Å²) in [5.41, 5.74) is 1.70. The summed E-state index contributed by atoms with van der Waals surface area (Å²) in [5, 5.41) is 8.32. The van der Waals surface area contributed by atoms with Gasteiger partial charge in [-0.15, -0.1) is 5.10 Å². The number of nitrogens with zero attached hydrogens (tertiary/aromatic N) is 5. The van der Waals surface area contributed by atoms with Gasteiger partial charge in [0.05, 0.1) is 18.8 Å². The van der Waals surface area contributed by atoms with Crippen molar-refractivity contribution in [3.05, 3.63) is 30.5 Å². The van der Waals surface area contributed by atoms with E-state index in [1.165, 1.54) is 22.7 Å². The number of benzene rings is 1. The van der Waals surface area contributed by atoms with Gasteiger partial charge >= 0.3 is 0 Å². The van der Waals surface area contributed by atoms with E-state index in [1.54, 1.807) is 4.68 Å². The zero-order valence-electron chi connectivity index (χ0n) is 14.0. The molecule has 0 bridgehead atoms. The zero-order valence-corrected chi connectivity index (χ0v) is 14.8. The summed E-state index contributed by atoms with van der Waals surface area (Å²) in [5.74, 6) is 0.817. The second kappa shape index (κ2) is 6.50. The largest absolute Gasteiger partial charge is 0.494 e. The van der Waals surface area contributed by atoms with E-state index in [9.17, 15) is 8.42 Å². The van der Waals surface area contributed by atoms with Crippen LogP contribution < -0.4 is 4.74 Å². The highest BCUT2D eigenvalue weighted by atomic mass is 32.2. The van der Waals surface area contributed by atoms with Gasteiger partial charge in [-0.05, 0) is 31.2 Å². The maximum absolute atomic E-state index is 12.0. The highest BCUT2D eigenvalue weighted by molar-refractivity contribution is 7.86. The highest BCUT2D eigenvalue weighted by Crippen LogP contribution is 2.26. The van der Waals surface area contributed by atoms with Crippen LogP contribution in [0.25, 0.3) is 11.3 Å². The van der Waals surface area contributed by atoms with E-state index in [2.05, 4.69) is 10.3 Å². The average molecular weight is 351 g/mol. The van der Waals surface area contributed by atoms with Gasteiger partial charge in [0.1, 0.15) is 11.4 Å². The van der Waals surface area contributed by atoms with Crippen molar-refractivity contribution < 1.29 is 13.2 Å². The van der Waals surface area contributed by atoms with Gasteiger partial charge in [-0.1, -0.05) is 5.21 Å². The number of hydrogen-bond donors (Lipinski definition) is 0. The van der Waals surface area contributed by atoms with Gasteiger partial charge in [0, 0.05) is 32.7 Å². The van der Waals surface area contributed by atoms with Gasteiger partial charge in [0.2, 0.25) is 0 Å². The summed E-state index contributed by atoms with van der Waals surface area (Å²) >= 11 is 0. The summed E-state index contributed by atoms with van der Waals surface area (Å²) in [6.45, 7) is 3.39. The molecule has 1 aromatic heterocycles.